The van der Waals surface area contributed by atoms with Crippen molar-refractivity contribution in [1.29, 1.82) is 0 Å². The van der Waals surface area contributed by atoms with Crippen LogP contribution >= 0.6 is 56.8 Å². The van der Waals surface area contributed by atoms with Gasteiger partial charge in [0, 0.05) is 13.8 Å². The fourth-order valence-corrected chi connectivity index (χ4v) is 5.04. The molecule has 9 nitrogen and oxygen atoms in total. The van der Waals surface area contributed by atoms with E-state index >= 15 is 0 Å². The van der Waals surface area contributed by atoms with E-state index in [0.29, 0.717) is 0 Å². The fraction of sp³-hybridized carbons (Fsp3) is 0.917. The van der Waals surface area contributed by atoms with Gasteiger partial charge in [-0.1, -0.05) is 99.3 Å². The lowest BCUT2D eigenvalue weighted by Gasteiger charge is -1.95. The third-order valence-electron chi connectivity index (χ3n) is 3.41. The molecule has 49 heavy (non-hydrogen) atoms. The van der Waals surface area contributed by atoms with Crippen LogP contribution in [-0.4, -0.2) is 270 Å². The minimum atomic E-state index is -0.833. The third-order valence-corrected chi connectivity index (χ3v) is 15.0. The number of carboxylic acid groups (broad SMARTS) is 2. The minimum absolute atomic E-state index is 0. The molecular formula is C24H77Al2Br3Cl2Mg9O9. The van der Waals surface area contributed by atoms with Gasteiger partial charge in [-0.3, -0.25) is 9.59 Å². The summed E-state index contributed by atoms with van der Waals surface area (Å²) in [5.74, 6) is -1.67. The van der Waals surface area contributed by atoms with Gasteiger partial charge in [-0.2, -0.15) is 0 Å². The first-order chi connectivity index (χ1) is 17.9. The second-order valence-corrected chi connectivity index (χ2v) is 24.6. The van der Waals surface area contributed by atoms with Gasteiger partial charge in [0.2, 0.25) is 0 Å². The topological polar surface area (TPSA) is 232 Å². The van der Waals surface area contributed by atoms with Crippen molar-refractivity contribution in [2.75, 3.05) is 0 Å². The molecule has 0 atom stereocenters. The summed E-state index contributed by atoms with van der Waals surface area (Å²) in [6.07, 6.45) is 12.9. The number of hydrogen-bond donors (Lipinski definition) is 2. The molecule has 25 heteroatoms. The van der Waals surface area contributed by atoms with Gasteiger partial charge in [-0.05, 0) is 0 Å². The molecule has 286 valence electrons. The molecule has 0 aromatic carbocycles. The highest BCUT2D eigenvalue weighted by Gasteiger charge is 1.92. The van der Waals surface area contributed by atoms with Crippen molar-refractivity contribution in [3.8, 4) is 0 Å². The van der Waals surface area contributed by atoms with Crippen LogP contribution in [0.1, 0.15) is 113 Å². The zero-order valence-corrected chi connectivity index (χ0v) is 41.7. The van der Waals surface area contributed by atoms with Gasteiger partial charge in [0.05, 0.1) is 0 Å². The number of carbonyl (C=O) groups is 2. The molecule has 0 radical (unpaired) electrons. The molecule has 0 aliphatic heterocycles. The van der Waals surface area contributed by atoms with Gasteiger partial charge in [0.15, 0.2) is 34.7 Å². The largest absolute Gasteiger partial charge is 0.503 e. The van der Waals surface area contributed by atoms with E-state index in [0.717, 1.165) is 17.9 Å². The Labute approximate surface area is 462 Å². The summed E-state index contributed by atoms with van der Waals surface area (Å²) < 4.78 is 6.36. The molecule has 0 saturated heterocycles. The van der Waals surface area contributed by atoms with Crippen molar-refractivity contribution >= 4 is 289 Å². The van der Waals surface area contributed by atoms with Crippen LogP contribution in [-0.2, 0) is 9.59 Å². The Morgan fingerprint density at radius 3 is 0.878 bits per heavy atom. The van der Waals surface area contributed by atoms with E-state index in [9.17, 15) is 0 Å². The molecular weight excluding hydrogens is 1020 g/mol. The van der Waals surface area contributed by atoms with Gasteiger partial charge < -0.3 is 94.4 Å². The van der Waals surface area contributed by atoms with Crippen LogP contribution in [0.4, 0.5) is 0 Å². The molecule has 0 bridgehead atoms. The van der Waals surface area contributed by atoms with Gasteiger partial charge in [-0.25, -0.2) is 0 Å². The van der Waals surface area contributed by atoms with Crippen molar-refractivity contribution in [3.05, 3.63) is 0 Å². The highest BCUT2D eigenvalue weighted by molar-refractivity contribution is 9.23. The molecule has 0 unspecified atom stereocenters. The maximum atomic E-state index is 9.00. The molecule has 12 N–H and O–H groups in total. The van der Waals surface area contributed by atoms with E-state index in [1.165, 1.54) is 76.0 Å². The molecule has 0 heterocycles. The van der Waals surface area contributed by atoms with Crippen LogP contribution in [0, 0.1) is 0 Å². The third kappa shape index (κ3) is 302. The van der Waals surface area contributed by atoms with Crippen molar-refractivity contribution in [3.63, 3.8) is 0 Å². The smallest absolute Gasteiger partial charge is 0.481 e. The minimum Gasteiger partial charge on any atom is -0.481 e. The van der Waals surface area contributed by atoms with E-state index in [4.69, 9.17) is 37.9 Å². The van der Waals surface area contributed by atoms with Crippen molar-refractivity contribution in [2.45, 2.75) is 135 Å². The summed E-state index contributed by atoms with van der Waals surface area (Å²) in [6, 6.07) is 0. The quantitative estimate of drug-likeness (QED) is 0.190. The Morgan fingerprint density at radius 2 is 0.755 bits per heavy atom. The van der Waals surface area contributed by atoms with E-state index in [-0.39, 0.29) is 247 Å². The highest BCUT2D eigenvalue weighted by Crippen LogP contribution is 2.05. The maximum absolute atomic E-state index is 9.00. The maximum Gasteiger partial charge on any atom is 0.503 e. The Kier molecular flexibility index (Phi) is 332. The summed E-state index contributed by atoms with van der Waals surface area (Å²) in [7, 11) is 10.8. The van der Waals surface area contributed by atoms with Crippen molar-refractivity contribution in [2.24, 2.45) is 0 Å². The lowest BCUT2D eigenvalue weighted by Crippen LogP contribution is -1.80. The van der Waals surface area contributed by atoms with Crippen LogP contribution in [0.3, 0.4) is 0 Å². The number of halogens is 5. The zero-order valence-electron chi connectivity index (χ0n) is 28.4. The fourth-order valence-electron chi connectivity index (χ4n) is 1.57. The van der Waals surface area contributed by atoms with Gasteiger partial charge in [0.25, 0.3) is 11.9 Å². The summed E-state index contributed by atoms with van der Waals surface area (Å²) in [6.45, 7) is 15.3. The Balaban J connectivity index is -0.0000000141. The molecule has 0 saturated carbocycles. The number of rotatable bonds is 14. The summed E-state index contributed by atoms with van der Waals surface area (Å²) >= 11 is 10.8. The molecule has 0 spiro atoms. The highest BCUT2D eigenvalue weighted by atomic mass is 79.9. The number of aliphatic carboxylic acids is 2. The lowest BCUT2D eigenvalue weighted by molar-refractivity contribution is -0.135. The van der Waals surface area contributed by atoms with Crippen LogP contribution in [0.25, 0.3) is 0 Å². The van der Waals surface area contributed by atoms with Crippen LogP contribution in [0.15, 0.2) is 0 Å². The lowest BCUT2D eigenvalue weighted by atomic mass is 10.2. The second kappa shape index (κ2) is 138. The molecule has 0 amide bonds. The van der Waals surface area contributed by atoms with E-state index in [1.807, 2.05) is 0 Å². The molecule has 0 fully saturated rings. The monoisotopic (exact) mass is 1090 g/mol. The number of carboxylic acids is 2. The van der Waals surface area contributed by atoms with Crippen LogP contribution < -0.4 is 0 Å². The predicted molar refractivity (Wildman–Crippen MR) is 265 cm³/mol. The number of unbranched alkanes of at least 4 members (excludes halogenated alkanes) is 7. The molecule has 0 aliphatic rings. The van der Waals surface area contributed by atoms with E-state index < -0.39 is 11.9 Å². The Morgan fingerprint density at radius 1 is 0.571 bits per heavy atom. The van der Waals surface area contributed by atoms with E-state index in [2.05, 4.69) is 80.2 Å². The Bertz CT molecular complexity index is 382. The van der Waals surface area contributed by atoms with Gasteiger partial charge in [-0.15, -0.1) is 22.2 Å². The molecule has 0 aromatic rings. The predicted octanol–water partition coefficient (Wildman–Crippen LogP) is 0.808. The van der Waals surface area contributed by atoms with Crippen LogP contribution in [0.5, 0.6) is 0 Å². The summed E-state index contributed by atoms with van der Waals surface area (Å²) in [4.78, 5) is 18.0. The van der Waals surface area contributed by atoms with Gasteiger partial charge in [0.1, 0.15) is 0 Å². The SMILES string of the molecule is CC(=O)O.CC(=O)O.CCCCCC[CH2][Mg][Br].CCCCC[CH2][Mg][Br].C[CH2][Mg][Br].C[CH2][Mg][Cl].C[CH](C)[Mg][Cl].O.O.O.O.O.[AlH3].[AlH3].[MgH2].[MgH2].[MgH2].[MgH2]. The summed E-state index contributed by atoms with van der Waals surface area (Å²) in [5, 5.41) is 14.8. The van der Waals surface area contributed by atoms with Crippen molar-refractivity contribution in [1.82, 2.24) is 0 Å². The normalized spacial score (nSPS) is 5.84. The first-order valence-electron chi connectivity index (χ1n) is 14.1. The van der Waals surface area contributed by atoms with Gasteiger partial charge >= 0.3 is 185 Å². The van der Waals surface area contributed by atoms with E-state index in [1.54, 1.807) is 0 Å². The Hall–Kier alpha value is 8.72. The number of hydrogen-bond acceptors (Lipinski definition) is 2. The summed E-state index contributed by atoms with van der Waals surface area (Å²) in [5.41, 5.74) is 0. The zero-order chi connectivity index (χ0) is 31.5. The molecule has 0 aliphatic carbocycles. The first-order valence-corrected chi connectivity index (χ1v) is 34.9. The van der Waals surface area contributed by atoms with Crippen LogP contribution in [0.2, 0.25) is 22.2 Å². The standard InChI is InChI=1S/C7H15.C6H13.C3H7.2C2H4O2.2C2H5.2Al.3BrH.2ClH.9Mg.5H2O.14H/c1-3-5-7-6-4-2;1-3-5-6-4-2;1-3-2;2*1-2(3)4;2*1-2;;;;;;;;;;;;;;;;;;;;;;;;;;;;;;;;;;;/h1,3-7H2,2H3;1,3-6H2,2H3;3H,1-2H3;2*1H3,(H,3,4);2*1H2,2H3;;;5*1H;;;;;;;;;;5*1H2;;;;;;;;;;;;;;/q;;;;;;;;;;;;;;;;;;5*+1;;;;;;;;;;;;;;;;;;;/p-5. The average molecular weight is 1090 g/mol. The average Bonchev–Trinajstić information content (AvgIpc) is 2.87. The second-order valence-electron chi connectivity index (χ2n) is 8.52. The first kappa shape index (κ1) is 118. The molecule has 0 aromatic heterocycles. The van der Waals surface area contributed by atoms with Crippen molar-refractivity contribution < 1.29 is 47.2 Å². The molecule has 0 rings (SSSR count).